The van der Waals surface area contributed by atoms with Gasteiger partial charge >= 0.3 is 17.9 Å². The van der Waals surface area contributed by atoms with Crippen molar-refractivity contribution < 1.29 is 47.2 Å². The molecular weight excluding hydrogens is 2060 g/mol. The van der Waals surface area contributed by atoms with Crippen molar-refractivity contribution in [2.75, 3.05) is 87.6 Å². The number of alkyl halides is 2. The Morgan fingerprint density at radius 1 is 0.443 bits per heavy atom. The van der Waals surface area contributed by atoms with E-state index < -0.39 is 39.4 Å². The van der Waals surface area contributed by atoms with Crippen LogP contribution >= 0.6 is 83.7 Å². The number of benzene rings is 9. The molecule has 0 unspecified atom stereocenters. The highest BCUT2D eigenvalue weighted by Crippen LogP contribution is 2.39. The van der Waals surface area contributed by atoms with E-state index in [-0.39, 0.29) is 52.6 Å². The van der Waals surface area contributed by atoms with Crippen molar-refractivity contribution in [1.29, 1.82) is 0 Å². The molecule has 0 bridgehead atoms. The van der Waals surface area contributed by atoms with Crippen molar-refractivity contribution in [1.82, 2.24) is 34.5 Å². The molecule has 0 atom stereocenters. The van der Waals surface area contributed by atoms with Crippen LogP contribution in [0.1, 0.15) is 165 Å². The first kappa shape index (κ1) is 105. The van der Waals surface area contributed by atoms with Gasteiger partial charge in [0.1, 0.15) is 28.8 Å². The van der Waals surface area contributed by atoms with Gasteiger partial charge in [-0.05, 0) is 324 Å². The van der Waals surface area contributed by atoms with Gasteiger partial charge in [0.2, 0.25) is 11.7 Å². The highest BCUT2D eigenvalue weighted by Gasteiger charge is 2.37. The van der Waals surface area contributed by atoms with Crippen LogP contribution in [0.15, 0.2) is 255 Å². The van der Waals surface area contributed by atoms with E-state index in [1.807, 2.05) is 14.1 Å². The number of carbonyl (C=O) groups excluding carboxylic acids is 3. The predicted octanol–water partition coefficient (Wildman–Crippen LogP) is 26.2. The van der Waals surface area contributed by atoms with E-state index in [4.69, 9.17) is 14.2 Å². The number of amides is 3. The lowest BCUT2D eigenvalue weighted by Crippen LogP contribution is -2.49. The van der Waals surface area contributed by atoms with Crippen LogP contribution in [0.4, 0.5) is 35.6 Å². The number of likely N-dealkylation sites (tertiary alicyclic amines) is 1. The summed E-state index contributed by atoms with van der Waals surface area (Å²) in [6, 6.07) is 75.6. The third kappa shape index (κ3) is 37.2. The van der Waals surface area contributed by atoms with E-state index in [1.165, 1.54) is 209 Å². The van der Waals surface area contributed by atoms with E-state index >= 15 is 0 Å². The summed E-state index contributed by atoms with van der Waals surface area (Å²) in [5.41, 5.74) is 11.9. The summed E-state index contributed by atoms with van der Waals surface area (Å²) in [6.45, 7) is 9.46. The van der Waals surface area contributed by atoms with E-state index in [0.717, 1.165) is 72.5 Å². The fraction of sp³-hybridized carbons (Fsp3) is 0.362. The summed E-state index contributed by atoms with van der Waals surface area (Å²) in [4.78, 5) is 80.2. The minimum atomic E-state index is -1.27. The smallest absolute Gasteiger partial charge is 0.410 e. The molecule has 11 aromatic rings. The molecule has 694 valence electrons. The quantitative estimate of drug-likeness (QED) is 0.0283. The molecule has 26 heteroatoms. The van der Waals surface area contributed by atoms with Crippen molar-refractivity contribution in [3.05, 3.63) is 344 Å². The molecule has 20 nitrogen and oxygen atoms in total. The average molecular weight is 2180 g/mol. The summed E-state index contributed by atoms with van der Waals surface area (Å²) in [7, 11) is 16.7. The Balaban J connectivity index is 0.000000181. The van der Waals surface area contributed by atoms with Crippen LogP contribution in [0.5, 0.6) is 11.5 Å². The molecule has 0 N–H and O–H groups in total. The first-order chi connectivity index (χ1) is 63.0. The zero-order chi connectivity index (χ0) is 94.1. The summed E-state index contributed by atoms with van der Waals surface area (Å²) in [6.07, 6.45) is 17.2. The summed E-state index contributed by atoms with van der Waals surface area (Å²) in [5, 5.41) is 24.2. The number of nitrogens with zero attached hydrogens (tertiary/aromatic N) is 10. The monoisotopic (exact) mass is 2180 g/mol. The SMILES string of the molecule is BrCc1ccc(I)cc1.C1CCOC1.CC1CCC1.CN(C)Cc1ccc(C2CCC2)cc1.CN(C)Cc1ccc(C2CCC2)cc1.CN(C)Cc1ccc(C2CN(C(=O)Cc3nc(-c4ccc(F)cc4)ccc3[N+](=O)[O-])C2)cc1.CN(C)Cc1ccc(I)cc1.IC1CCC1.O=C(Oc1ccccc1)N(C(=O)Oc1ccccc1)c1nc(-c2ccc(F)cc2)ccc1[N+](=O)[O-]. The fourth-order valence-electron chi connectivity index (χ4n) is 14.0. The molecule has 6 aliphatic rings. The van der Waals surface area contributed by atoms with Gasteiger partial charge in [0.25, 0.3) is 5.69 Å². The highest BCUT2D eigenvalue weighted by molar-refractivity contribution is 14.1. The summed E-state index contributed by atoms with van der Waals surface area (Å²) >= 11 is 10.5. The number of para-hydroxylation sites is 2. The minimum Gasteiger partial charge on any atom is -0.410 e. The van der Waals surface area contributed by atoms with E-state index in [0.29, 0.717) is 34.8 Å². The Labute approximate surface area is 821 Å². The summed E-state index contributed by atoms with van der Waals surface area (Å²) in [5.74, 6) is 1.55. The molecule has 6 fully saturated rings. The lowest BCUT2D eigenvalue weighted by Gasteiger charge is -2.39. The summed E-state index contributed by atoms with van der Waals surface area (Å²) < 4.78 is 45.7. The van der Waals surface area contributed by atoms with Crippen molar-refractivity contribution in [3.63, 3.8) is 0 Å². The Hall–Kier alpha value is -9.38. The number of aromatic nitrogens is 2. The number of anilines is 1. The third-order valence-electron chi connectivity index (χ3n) is 22.3. The van der Waals surface area contributed by atoms with Crippen LogP contribution in [0.25, 0.3) is 22.5 Å². The Kier molecular flexibility index (Phi) is 45.0. The van der Waals surface area contributed by atoms with Gasteiger partial charge in [-0.15, -0.1) is 0 Å². The van der Waals surface area contributed by atoms with Gasteiger partial charge in [-0.1, -0.05) is 217 Å². The van der Waals surface area contributed by atoms with Gasteiger partial charge in [0, 0.05) is 98.1 Å². The van der Waals surface area contributed by atoms with Gasteiger partial charge in [-0.25, -0.2) is 28.3 Å². The number of imide groups is 1. The molecule has 4 aliphatic carbocycles. The van der Waals surface area contributed by atoms with Crippen molar-refractivity contribution in [2.45, 2.75) is 156 Å². The number of rotatable bonds is 21. The standard InChI is InChI=1S/C25H25FN4O3.C25H16FN3O6.2C13H19N.C9H12IN.C7H6BrI.C5H10.C4H7I.C4H8O/c1-28(2)14-17-3-5-18(6-4-17)20-15-29(16-20)25(31)13-23-24(30(32)33)12-11-22(27-23)19-7-9-21(26)10-8-19;26-18-13-11-17(12-14-18)21-15-16-22(29(32)33)23(27-21)28(24(30)34-19-7-3-1-4-8-19)25(31)35-20-9-5-2-6-10-20;2*1-14(2)10-11-6-8-13(9-7-11)12-4-3-5-12;1-11(2)7-8-3-5-9(10)6-4-8;8-5-6-1-3-7(9)4-2-6;1-5-3-2-4-5;5-4-2-1-3-4;1-2-4-5-3-1/h3-12,20H,13-16H2,1-2H3;1-16H;2*6-9,12H,3-5,10H2,1-2H3;3-6H,7H2,1-2H3;1-4H,5H2;5H,2-4H2,1H3;4H,1-3H2;1-4H2. The highest BCUT2D eigenvalue weighted by atomic mass is 127. The van der Waals surface area contributed by atoms with Crippen molar-refractivity contribution in [3.8, 4) is 34.0 Å². The lowest BCUT2D eigenvalue weighted by atomic mass is 9.80. The number of nitro groups is 2. The molecule has 9 aromatic carbocycles. The first-order valence-corrected chi connectivity index (χ1v) is 49.1. The number of pyridine rings is 2. The number of hydrogen-bond donors (Lipinski definition) is 0. The van der Waals surface area contributed by atoms with Crippen LogP contribution in [0.2, 0.25) is 0 Å². The third-order valence-corrected chi connectivity index (χ3v) is 25.6. The van der Waals surface area contributed by atoms with Gasteiger partial charge in [-0.2, -0.15) is 4.90 Å². The van der Waals surface area contributed by atoms with Crippen LogP contribution in [0, 0.1) is 44.9 Å². The number of halogens is 6. The van der Waals surface area contributed by atoms with Crippen LogP contribution < -0.4 is 14.4 Å². The Morgan fingerprint density at radius 3 is 1.08 bits per heavy atom. The maximum atomic E-state index is 13.4. The molecule has 4 saturated carbocycles. The molecule has 0 radical (unpaired) electrons. The maximum Gasteiger partial charge on any atom is 0.430 e. The normalized spacial score (nSPS) is 14.3. The topological polar surface area (TPSA) is 210 Å². The predicted molar refractivity (Wildman–Crippen MR) is 551 cm³/mol. The van der Waals surface area contributed by atoms with Crippen molar-refractivity contribution >= 4 is 119 Å². The van der Waals surface area contributed by atoms with Gasteiger partial charge in [-0.3, -0.25) is 25.0 Å². The molecule has 3 amide bonds. The first-order valence-electron chi connectivity index (χ1n) is 44.6. The molecule has 4 heterocycles. The van der Waals surface area contributed by atoms with Crippen LogP contribution in [0.3, 0.4) is 0 Å². The molecule has 2 saturated heterocycles. The van der Waals surface area contributed by atoms with Gasteiger partial charge in [0.15, 0.2) is 0 Å². The average Bonchev–Trinajstić information content (AvgIpc) is 1.06. The Morgan fingerprint density at radius 2 is 0.779 bits per heavy atom. The second-order valence-electron chi connectivity index (χ2n) is 34.3. The van der Waals surface area contributed by atoms with Crippen LogP contribution in [-0.2, 0) is 47.5 Å². The molecule has 2 aromatic heterocycles. The molecule has 131 heavy (non-hydrogen) atoms. The number of carbonyl (C=O) groups is 3. The molecular formula is C105H122BrF2I3N10O10. The minimum absolute atomic E-state index is 0.0901. The van der Waals surface area contributed by atoms with Crippen molar-refractivity contribution in [2.24, 2.45) is 5.92 Å². The maximum absolute atomic E-state index is 13.4. The van der Waals surface area contributed by atoms with E-state index in [9.17, 15) is 43.4 Å². The van der Waals surface area contributed by atoms with Gasteiger partial charge in [0.05, 0.1) is 27.7 Å². The molecule has 0 spiro atoms. The Bertz CT molecular complexity index is 5130. The fourth-order valence-corrected chi connectivity index (χ4v) is 16.0. The second-order valence-corrected chi connectivity index (χ2v) is 39.1. The van der Waals surface area contributed by atoms with E-state index in [2.05, 4.69) is 284 Å². The molecule has 17 rings (SSSR count). The second kappa shape index (κ2) is 56.0. The van der Waals surface area contributed by atoms with E-state index in [1.54, 1.807) is 64.6 Å². The zero-order valence-electron chi connectivity index (χ0n) is 76.4. The zero-order valence-corrected chi connectivity index (χ0v) is 84.5. The molecule has 2 aliphatic heterocycles. The number of hydrogen-bond acceptors (Lipinski definition) is 16. The largest absolute Gasteiger partial charge is 0.430 e. The number of ether oxygens (including phenoxy) is 3. The van der Waals surface area contributed by atoms with Gasteiger partial charge < -0.3 is 38.7 Å². The lowest BCUT2D eigenvalue weighted by molar-refractivity contribution is -0.385. The van der Waals surface area contributed by atoms with Crippen LogP contribution in [-0.4, -0.2) is 149 Å².